The fourth-order valence-corrected chi connectivity index (χ4v) is 6.56. The summed E-state index contributed by atoms with van der Waals surface area (Å²) in [4.78, 5) is 13.6. The second-order valence-corrected chi connectivity index (χ2v) is 10.5. The van der Waals surface area contributed by atoms with Gasteiger partial charge in [0.15, 0.2) is 0 Å². The van der Waals surface area contributed by atoms with E-state index in [0.717, 1.165) is 50.6 Å². The average Bonchev–Trinajstić information content (AvgIpc) is 3.28. The Balaban J connectivity index is 1.40. The molecule has 3 nitrogen and oxygen atoms in total. The number of hydrogen-bond acceptors (Lipinski definition) is 3. The fourth-order valence-electron chi connectivity index (χ4n) is 6.56. The van der Waals surface area contributed by atoms with Crippen LogP contribution in [0.5, 0.6) is 5.75 Å². The van der Waals surface area contributed by atoms with Crippen molar-refractivity contribution in [2.24, 2.45) is 17.3 Å². The van der Waals surface area contributed by atoms with Crippen molar-refractivity contribution in [1.82, 2.24) is 0 Å². The van der Waals surface area contributed by atoms with Crippen LogP contribution in [0.15, 0.2) is 78.9 Å². The number of nitrogens with zero attached hydrogens (tertiary/aromatic N) is 1. The molecule has 0 aromatic heterocycles. The molecule has 1 N–H and O–H groups in total. The minimum atomic E-state index is 0.228. The summed E-state index contributed by atoms with van der Waals surface area (Å²) in [6.45, 7) is 8.60. The molecule has 0 radical (unpaired) electrons. The largest absolute Gasteiger partial charge is 0.508 e. The van der Waals surface area contributed by atoms with Crippen molar-refractivity contribution >= 4 is 12.0 Å². The van der Waals surface area contributed by atoms with Gasteiger partial charge in [0, 0.05) is 30.6 Å². The Morgan fingerprint density at radius 3 is 2.68 bits per heavy atom. The van der Waals surface area contributed by atoms with Crippen LogP contribution < -0.4 is 4.90 Å². The first-order chi connectivity index (χ1) is 16.5. The summed E-state index contributed by atoms with van der Waals surface area (Å²) in [7, 11) is 0. The van der Waals surface area contributed by atoms with Crippen molar-refractivity contribution < 1.29 is 9.90 Å². The molecule has 5 rings (SSSR count). The highest BCUT2D eigenvalue weighted by Gasteiger charge is 2.48. The highest BCUT2D eigenvalue weighted by Crippen LogP contribution is 2.52. The highest BCUT2D eigenvalue weighted by molar-refractivity contribution is 5.57. The van der Waals surface area contributed by atoms with Gasteiger partial charge in [-0.3, -0.25) is 0 Å². The zero-order valence-corrected chi connectivity index (χ0v) is 20.1. The minimum absolute atomic E-state index is 0.228. The number of aryl methyl sites for hydroxylation is 1. The minimum Gasteiger partial charge on any atom is -0.508 e. The van der Waals surface area contributed by atoms with Crippen LogP contribution in [-0.2, 0) is 11.2 Å². The zero-order valence-electron chi connectivity index (χ0n) is 20.1. The average molecular weight is 454 g/mol. The molecule has 34 heavy (non-hydrogen) atoms. The van der Waals surface area contributed by atoms with Gasteiger partial charge in [-0.1, -0.05) is 54.7 Å². The molecule has 2 aliphatic carbocycles. The molecular formula is C31H35NO2. The van der Waals surface area contributed by atoms with Crippen LogP contribution in [0.4, 0.5) is 5.69 Å². The molecule has 0 bridgehead atoms. The Hall–Kier alpha value is -3.07. The maximum absolute atomic E-state index is 11.1. The second kappa shape index (κ2) is 9.29. The third kappa shape index (κ3) is 4.24. The van der Waals surface area contributed by atoms with E-state index in [9.17, 15) is 9.90 Å². The predicted octanol–water partition coefficient (Wildman–Crippen LogP) is 6.58. The van der Waals surface area contributed by atoms with Crippen LogP contribution in [0.25, 0.3) is 0 Å². The normalized spacial score (nSPS) is 28.4. The summed E-state index contributed by atoms with van der Waals surface area (Å²) in [5, 5.41) is 10.1. The Bertz CT molecular complexity index is 1120. The molecule has 1 aliphatic heterocycles. The third-order valence-corrected chi connectivity index (χ3v) is 8.32. The van der Waals surface area contributed by atoms with E-state index in [1.807, 2.05) is 31.2 Å². The van der Waals surface area contributed by atoms with Gasteiger partial charge in [0.1, 0.15) is 12.0 Å². The number of phenols is 1. The highest BCUT2D eigenvalue weighted by atomic mass is 16.3. The number of carbonyl (C=O) groups is 1. The van der Waals surface area contributed by atoms with Crippen LogP contribution in [0.3, 0.4) is 0 Å². The number of carbonyl (C=O) groups excluding carboxylic acids is 1. The molecular weight excluding hydrogens is 418 g/mol. The molecule has 0 amide bonds. The van der Waals surface area contributed by atoms with Crippen molar-refractivity contribution in [3.8, 4) is 5.75 Å². The number of aldehydes is 1. The van der Waals surface area contributed by atoms with Gasteiger partial charge in [-0.2, -0.15) is 0 Å². The molecule has 3 aliphatic rings. The van der Waals surface area contributed by atoms with Gasteiger partial charge in [0.25, 0.3) is 0 Å². The van der Waals surface area contributed by atoms with E-state index in [4.69, 9.17) is 0 Å². The van der Waals surface area contributed by atoms with Gasteiger partial charge >= 0.3 is 0 Å². The van der Waals surface area contributed by atoms with Crippen molar-refractivity contribution in [2.45, 2.75) is 44.9 Å². The van der Waals surface area contributed by atoms with E-state index < -0.39 is 0 Å². The number of phenolic OH excluding ortho intramolecular Hbond substituents is 1. The third-order valence-electron chi connectivity index (χ3n) is 8.32. The van der Waals surface area contributed by atoms with E-state index in [0.29, 0.717) is 17.1 Å². The van der Waals surface area contributed by atoms with Gasteiger partial charge in [-0.25, -0.2) is 0 Å². The summed E-state index contributed by atoms with van der Waals surface area (Å²) < 4.78 is 0. The van der Waals surface area contributed by atoms with E-state index in [-0.39, 0.29) is 11.8 Å². The molecule has 1 saturated heterocycles. The molecule has 1 spiro atoms. The predicted molar refractivity (Wildman–Crippen MR) is 139 cm³/mol. The molecule has 3 heteroatoms. The number of aromatic hydroxyl groups is 1. The quantitative estimate of drug-likeness (QED) is 0.397. The van der Waals surface area contributed by atoms with Crippen LogP contribution in [0.1, 0.15) is 55.2 Å². The van der Waals surface area contributed by atoms with E-state index in [1.165, 1.54) is 28.8 Å². The standard InChI is InChI=1S/C31H35NO2/c1-3-4-5-6-22(2)28-13-9-25-17-27(34)12-14-29(25)30(28)24-7-10-26(11-8-24)32-16-15-31(21-32)18-23(19-31)20-33/h3-8,10-12,14,17,20,23,28,30,34H,2,9,13,15-16,18-19,21H2,1H3/b4-3-,6-5-/t23?,28-,30+,31?/m1/s1. The van der Waals surface area contributed by atoms with Crippen molar-refractivity contribution in [1.29, 1.82) is 0 Å². The van der Waals surface area contributed by atoms with Gasteiger partial charge in [0.05, 0.1) is 0 Å². The summed E-state index contributed by atoms with van der Waals surface area (Å²) in [5.74, 6) is 1.18. The summed E-state index contributed by atoms with van der Waals surface area (Å²) in [5.41, 5.74) is 6.64. The topological polar surface area (TPSA) is 40.5 Å². The lowest BCUT2D eigenvalue weighted by Crippen LogP contribution is -2.40. The summed E-state index contributed by atoms with van der Waals surface area (Å²) in [6.07, 6.45) is 14.7. The first-order valence-electron chi connectivity index (χ1n) is 12.6. The molecule has 2 atom stereocenters. The van der Waals surface area contributed by atoms with Gasteiger partial charge in [0.2, 0.25) is 0 Å². The Morgan fingerprint density at radius 1 is 1.15 bits per heavy atom. The molecule has 2 aromatic rings. The van der Waals surface area contributed by atoms with E-state index >= 15 is 0 Å². The van der Waals surface area contributed by atoms with Crippen LogP contribution in [0.2, 0.25) is 0 Å². The van der Waals surface area contributed by atoms with Crippen LogP contribution >= 0.6 is 0 Å². The fraction of sp³-hybridized carbons (Fsp3) is 0.387. The van der Waals surface area contributed by atoms with E-state index in [2.05, 4.69) is 54.0 Å². The van der Waals surface area contributed by atoms with Gasteiger partial charge in [-0.05, 0) is 91.3 Å². The lowest BCUT2D eigenvalue weighted by atomic mass is 9.62. The summed E-state index contributed by atoms with van der Waals surface area (Å²) >= 11 is 0. The van der Waals surface area contributed by atoms with Crippen molar-refractivity contribution in [2.75, 3.05) is 18.0 Å². The number of fused-ring (bicyclic) bond motifs is 1. The lowest BCUT2D eigenvalue weighted by molar-refractivity contribution is -0.117. The Morgan fingerprint density at radius 2 is 1.94 bits per heavy atom. The Kier molecular flexibility index (Phi) is 6.20. The van der Waals surface area contributed by atoms with Crippen LogP contribution in [-0.4, -0.2) is 24.5 Å². The molecule has 1 heterocycles. The monoisotopic (exact) mass is 453 g/mol. The number of rotatable bonds is 6. The molecule has 2 fully saturated rings. The Labute approximate surface area is 203 Å². The van der Waals surface area contributed by atoms with Crippen molar-refractivity contribution in [3.63, 3.8) is 0 Å². The van der Waals surface area contributed by atoms with Gasteiger partial charge < -0.3 is 14.8 Å². The number of hydrogen-bond donors (Lipinski definition) is 1. The maximum atomic E-state index is 11.1. The molecule has 1 saturated carbocycles. The number of allylic oxidation sites excluding steroid dienone is 5. The van der Waals surface area contributed by atoms with Gasteiger partial charge in [-0.15, -0.1) is 0 Å². The lowest BCUT2D eigenvalue weighted by Gasteiger charge is -2.42. The molecule has 2 aromatic carbocycles. The molecule has 0 unspecified atom stereocenters. The first-order valence-corrected chi connectivity index (χ1v) is 12.6. The SMILES string of the molecule is C=C(/C=C\C=C/C)[C@H]1CCc2cc(O)ccc2[C@H]1c1ccc(N2CCC3(CC(C=O)C3)C2)cc1. The summed E-state index contributed by atoms with van der Waals surface area (Å²) in [6, 6.07) is 15.0. The first kappa shape index (κ1) is 22.7. The maximum Gasteiger partial charge on any atom is 0.123 e. The zero-order chi connectivity index (χ0) is 23.7. The van der Waals surface area contributed by atoms with Crippen molar-refractivity contribution in [3.05, 3.63) is 95.6 Å². The second-order valence-electron chi connectivity index (χ2n) is 10.5. The van der Waals surface area contributed by atoms with E-state index in [1.54, 1.807) is 0 Å². The number of anilines is 1. The number of benzene rings is 2. The smallest absolute Gasteiger partial charge is 0.123 e. The van der Waals surface area contributed by atoms with Crippen LogP contribution in [0, 0.1) is 17.3 Å². The molecule has 176 valence electrons.